The maximum atomic E-state index is 15.3. The van der Waals surface area contributed by atoms with E-state index in [1.54, 1.807) is 25.2 Å². The zero-order chi connectivity index (χ0) is 51.1. The van der Waals surface area contributed by atoms with Gasteiger partial charge in [-0.15, -0.1) is 0 Å². The number of carboxylic acid groups (broad SMARTS) is 2. The Balaban J connectivity index is 1.02. The Hall–Kier alpha value is -9.72. The normalized spacial score (nSPS) is 15.9. The second-order valence-corrected chi connectivity index (χ2v) is 17.3. The number of amidine groups is 5. The van der Waals surface area contributed by atoms with Crippen LogP contribution in [-0.4, -0.2) is 88.4 Å². The van der Waals surface area contributed by atoms with Crippen molar-refractivity contribution in [3.05, 3.63) is 199 Å². The summed E-state index contributed by atoms with van der Waals surface area (Å²) in [4.78, 5) is 89.8. The van der Waals surface area contributed by atoms with Crippen LogP contribution in [0.5, 0.6) is 0 Å². The van der Waals surface area contributed by atoms with Crippen molar-refractivity contribution in [2.75, 3.05) is 24.7 Å². The van der Waals surface area contributed by atoms with Gasteiger partial charge in [-0.1, -0.05) is 60.7 Å². The van der Waals surface area contributed by atoms with E-state index in [1.807, 2.05) is 66.7 Å². The van der Waals surface area contributed by atoms with Gasteiger partial charge in [0.2, 0.25) is 0 Å². The largest absolute Gasteiger partial charge is 0.478 e. The van der Waals surface area contributed by atoms with Gasteiger partial charge >= 0.3 is 18.1 Å². The molecule has 0 aliphatic carbocycles. The Morgan fingerprint density at radius 1 is 0.534 bits per heavy atom. The predicted octanol–water partition coefficient (Wildman–Crippen LogP) is 7.21. The van der Waals surface area contributed by atoms with Crippen LogP contribution in [-0.2, 0) is 5.41 Å². The zero-order valence-electron chi connectivity index (χ0n) is 38.4. The van der Waals surface area contributed by atoms with E-state index in [-0.39, 0.29) is 22.9 Å². The first-order chi connectivity index (χ1) is 35.0. The van der Waals surface area contributed by atoms with Crippen molar-refractivity contribution >= 4 is 75.1 Å². The summed E-state index contributed by atoms with van der Waals surface area (Å²) in [6, 6.07) is 31.0. The molecule has 5 heterocycles. The number of nitrogens with zero attached hydrogens (tertiary/aromatic N) is 7. The van der Waals surface area contributed by atoms with Gasteiger partial charge in [0.15, 0.2) is 35.3 Å². The van der Waals surface area contributed by atoms with E-state index in [0.717, 1.165) is 76.6 Å². The molecule has 11 rings (SSSR count). The number of hydrogen-bond donors (Lipinski definition) is 6. The first kappa shape index (κ1) is 45.7. The third-order valence-electron chi connectivity index (χ3n) is 13.2. The molecule has 0 fully saturated rings. The summed E-state index contributed by atoms with van der Waals surface area (Å²) >= 11 is 0. The Morgan fingerprint density at radius 3 is 1.66 bits per heavy atom. The summed E-state index contributed by atoms with van der Waals surface area (Å²) in [6.07, 6.45) is -5.92. The van der Waals surface area contributed by atoms with E-state index < -0.39 is 69.3 Å². The first-order valence-electron chi connectivity index (χ1n) is 22.4. The summed E-state index contributed by atoms with van der Waals surface area (Å²) < 4.78 is 45.8. The minimum absolute atomic E-state index is 0.149. The molecule has 2 unspecified atom stereocenters. The number of anilines is 2. The van der Waals surface area contributed by atoms with Crippen LogP contribution in [0, 0.1) is 0 Å². The number of aliphatic imine (C=N–C) groups is 5. The lowest BCUT2D eigenvalue weighted by atomic mass is 9.74. The summed E-state index contributed by atoms with van der Waals surface area (Å²) in [5.74, 6) is -3.49. The highest BCUT2D eigenvalue weighted by Crippen LogP contribution is 2.47. The van der Waals surface area contributed by atoms with E-state index in [1.165, 1.54) is 7.05 Å². The molecule has 17 nitrogen and oxygen atoms in total. The molecule has 0 saturated heterocycles. The third-order valence-corrected chi connectivity index (χ3v) is 13.2. The molecule has 0 saturated carbocycles. The second kappa shape index (κ2) is 17.0. The molecule has 6 aromatic carbocycles. The summed E-state index contributed by atoms with van der Waals surface area (Å²) in [6.45, 7) is 0.755. The van der Waals surface area contributed by atoms with Crippen molar-refractivity contribution < 1.29 is 42.6 Å². The number of benzene rings is 6. The number of aromatic carboxylic acids is 2. The topological polar surface area (TPSA) is 247 Å². The molecule has 0 spiro atoms. The van der Waals surface area contributed by atoms with Crippen LogP contribution >= 0.6 is 0 Å². The van der Waals surface area contributed by atoms with Gasteiger partial charge in [-0.05, 0) is 78.7 Å². The van der Waals surface area contributed by atoms with Gasteiger partial charge in [0.1, 0.15) is 16.4 Å². The fourth-order valence-corrected chi connectivity index (χ4v) is 9.28. The van der Waals surface area contributed by atoms with Crippen LogP contribution in [0.25, 0.3) is 10.8 Å². The Labute approximate surface area is 410 Å². The van der Waals surface area contributed by atoms with E-state index in [2.05, 4.69) is 20.9 Å². The maximum Gasteiger partial charge on any atom is 0.402 e. The molecule has 0 radical (unpaired) electrons. The van der Waals surface area contributed by atoms with Crippen LogP contribution < -0.4 is 26.9 Å². The van der Waals surface area contributed by atoms with E-state index in [9.17, 15) is 29.4 Å². The maximum absolute atomic E-state index is 15.3. The average molecular weight is 980 g/mol. The number of carbonyl (C=O) groups is 4. The number of aromatic amines is 1. The van der Waals surface area contributed by atoms with Gasteiger partial charge in [0.25, 0.3) is 11.8 Å². The van der Waals surface area contributed by atoms with Crippen molar-refractivity contribution in [3.63, 3.8) is 0 Å². The zero-order valence-corrected chi connectivity index (χ0v) is 38.4. The molecule has 20 heteroatoms. The Morgan fingerprint density at radius 2 is 1.05 bits per heavy atom. The number of rotatable bonds is 8. The highest BCUT2D eigenvalue weighted by Gasteiger charge is 2.54. The van der Waals surface area contributed by atoms with Crippen LogP contribution in [0.4, 0.5) is 24.5 Å². The lowest BCUT2D eigenvalue weighted by Gasteiger charge is -2.34. The molecule has 6 N–H and O–H groups in total. The van der Waals surface area contributed by atoms with Crippen LogP contribution in [0.2, 0.25) is 0 Å². The number of nitrogens with one attached hydrogen (secondary N) is 4. The van der Waals surface area contributed by atoms with Crippen molar-refractivity contribution in [2.24, 2.45) is 34.9 Å². The van der Waals surface area contributed by atoms with Gasteiger partial charge in [-0.25, -0.2) is 44.5 Å². The van der Waals surface area contributed by atoms with E-state index >= 15 is 13.2 Å². The number of halogens is 3. The fraction of sp³-hybridized carbons (Fsp3) is 0.113. The van der Waals surface area contributed by atoms with Crippen LogP contribution in [0.15, 0.2) is 156 Å². The quantitative estimate of drug-likeness (QED) is 0.0912. The molecule has 4 aliphatic heterocycles. The van der Waals surface area contributed by atoms with Crippen LogP contribution in [0.1, 0.15) is 99.0 Å². The third kappa shape index (κ3) is 7.54. The summed E-state index contributed by atoms with van der Waals surface area (Å²) in [7, 11) is 3.02. The lowest BCUT2D eigenvalue weighted by Crippen LogP contribution is -2.41. The summed E-state index contributed by atoms with van der Waals surface area (Å²) in [5, 5.41) is 29.8. The molecule has 7 aromatic rings. The average Bonchev–Trinajstić information content (AvgIpc) is 4.12. The standard InChI is InChI=1S/C53H36F3N11O6/c1-52(53(54,55)56,24-12-16-34(48(68)58-3)38(20-24)50(70)71)25-13-17-35(39(21-25)51(72)73)49(69)59-27-15-19-33-37(23-27)47-66-45(33)64-43-31-11-7-5-9-29(31)41(62-43)60-40-28-8-4-6-10-30(28)42(61-40)63-44-32-18-14-26(57-2)22-36(32)46(65-44)67-47/h4-23,43,57H,1-3H3,(H,58,68)(H,59,69)(H,70,71)(H,72,73)(H,60,61,62,63,64,65,66,67). The molecule has 1 aromatic heterocycles. The van der Waals surface area contributed by atoms with E-state index in [0.29, 0.717) is 45.0 Å². The number of H-pyrrole nitrogens is 1. The number of hydrogen-bond acceptors (Lipinski definition) is 12. The minimum Gasteiger partial charge on any atom is -0.478 e. The van der Waals surface area contributed by atoms with Gasteiger partial charge in [0, 0.05) is 69.6 Å². The predicted molar refractivity (Wildman–Crippen MR) is 266 cm³/mol. The molecule has 2 amide bonds. The molecule has 2 atom stereocenters. The number of amides is 2. The van der Waals surface area contributed by atoms with Crippen LogP contribution in [0.3, 0.4) is 0 Å². The fourth-order valence-electron chi connectivity index (χ4n) is 9.28. The molecular formula is C53H36F3N11O6. The van der Waals surface area contributed by atoms with Gasteiger partial charge in [-0.2, -0.15) is 13.2 Å². The molecule has 73 heavy (non-hydrogen) atoms. The monoisotopic (exact) mass is 979 g/mol. The molecule has 4 aliphatic rings. The van der Waals surface area contributed by atoms with Crippen molar-refractivity contribution in [3.8, 4) is 0 Å². The number of aromatic nitrogens is 1. The molecule has 360 valence electrons. The smallest absolute Gasteiger partial charge is 0.402 e. The number of carbonyl (C=O) groups excluding carboxylic acids is 2. The lowest BCUT2D eigenvalue weighted by molar-refractivity contribution is -0.173. The Kier molecular flexibility index (Phi) is 10.6. The summed E-state index contributed by atoms with van der Waals surface area (Å²) in [5.41, 5.74) is -0.792. The van der Waals surface area contributed by atoms with Crippen molar-refractivity contribution in [1.82, 2.24) is 10.3 Å². The first-order valence-corrected chi connectivity index (χ1v) is 22.4. The van der Waals surface area contributed by atoms with Gasteiger partial charge < -0.3 is 31.1 Å². The number of alkyl halides is 3. The number of carboxylic acids is 2. The van der Waals surface area contributed by atoms with E-state index in [4.69, 9.17) is 34.9 Å². The molecular weight excluding hydrogens is 944 g/mol. The van der Waals surface area contributed by atoms with Gasteiger partial charge in [-0.3, -0.25) is 9.59 Å². The highest BCUT2D eigenvalue weighted by atomic mass is 19.4. The minimum atomic E-state index is -5.13. The highest BCUT2D eigenvalue weighted by molar-refractivity contribution is 6.26. The van der Waals surface area contributed by atoms with Crippen molar-refractivity contribution in [1.29, 1.82) is 0 Å². The SMILES string of the molecule is CNC(=O)c1ccc(C(C)(c2ccc(C(=O)Nc3ccc4c(c3)C3=NC4=NC4N=C(N=C5N=C(N=c6[nH]c(c7cc(NC)ccc67)=N3)c3ccccc35)c3ccccc34)c(C(=O)O)c2)C(F)(F)F)cc1C(=O)O. The van der Waals surface area contributed by atoms with Crippen molar-refractivity contribution in [2.45, 2.75) is 24.7 Å². The second-order valence-electron chi connectivity index (χ2n) is 17.3. The molecule has 8 bridgehead atoms. The number of fused-ring (bicyclic) bond motifs is 17. The Bertz CT molecular complexity index is 3950. The van der Waals surface area contributed by atoms with Gasteiger partial charge in [0.05, 0.1) is 22.3 Å².